The number of nitrogens with one attached hydrogen (secondary N) is 1. The zero-order chi connectivity index (χ0) is 11.6. The van der Waals surface area contributed by atoms with Crippen LogP contribution >= 0.6 is 15.9 Å². The molecule has 1 aromatic rings. The Bertz CT molecular complexity index is 371. The normalized spacial score (nSPS) is 11.5. The van der Waals surface area contributed by atoms with Crippen molar-refractivity contribution in [2.45, 2.75) is 26.3 Å². The molecule has 0 saturated heterocycles. The number of carbonyl (C=O) groups is 1. The van der Waals surface area contributed by atoms with Gasteiger partial charge < -0.3 is 5.32 Å². The van der Waals surface area contributed by atoms with Crippen molar-refractivity contribution in [1.29, 1.82) is 0 Å². The summed E-state index contributed by atoms with van der Waals surface area (Å²) in [6, 6.07) is 0. The van der Waals surface area contributed by atoms with Crippen molar-refractivity contribution in [2.75, 3.05) is 5.33 Å². The van der Waals surface area contributed by atoms with Crippen molar-refractivity contribution in [3.63, 3.8) is 0 Å². The molecule has 15 heavy (non-hydrogen) atoms. The second-order valence-corrected chi connectivity index (χ2v) is 4.83. The van der Waals surface area contributed by atoms with Crippen molar-refractivity contribution in [3.05, 3.63) is 17.5 Å². The number of halogens is 1. The van der Waals surface area contributed by atoms with E-state index in [9.17, 15) is 4.79 Å². The lowest BCUT2D eigenvalue weighted by molar-refractivity contribution is 0.0920. The number of nitrogens with zero attached hydrogens (tertiary/aromatic N) is 2. The SMILES string of the molecule is Cc1nn(C)cc1C(=O)NC(C)(C)CBr. The molecule has 1 heterocycles. The van der Waals surface area contributed by atoms with Crippen LogP contribution in [0.15, 0.2) is 6.20 Å². The van der Waals surface area contributed by atoms with E-state index in [0.717, 1.165) is 5.69 Å². The number of aromatic nitrogens is 2. The van der Waals surface area contributed by atoms with E-state index in [1.165, 1.54) is 0 Å². The maximum atomic E-state index is 11.9. The first kappa shape index (κ1) is 12.2. The quantitative estimate of drug-likeness (QED) is 0.852. The smallest absolute Gasteiger partial charge is 0.255 e. The third-order valence-corrected chi connectivity index (χ3v) is 3.45. The van der Waals surface area contributed by atoms with Crippen LogP contribution in [-0.4, -0.2) is 26.6 Å². The van der Waals surface area contributed by atoms with Gasteiger partial charge in [-0.1, -0.05) is 15.9 Å². The average Bonchev–Trinajstić information content (AvgIpc) is 2.45. The molecule has 0 bridgehead atoms. The molecule has 0 atom stereocenters. The Morgan fingerprint density at radius 2 is 2.27 bits per heavy atom. The molecule has 0 aromatic carbocycles. The third kappa shape index (κ3) is 3.06. The number of aryl methyl sites for hydroxylation is 2. The van der Waals surface area contributed by atoms with Crippen LogP contribution in [0.5, 0.6) is 0 Å². The molecule has 1 aromatic heterocycles. The number of amides is 1. The Kier molecular flexibility index (Phi) is 3.54. The highest BCUT2D eigenvalue weighted by Crippen LogP contribution is 2.10. The molecule has 84 valence electrons. The molecular weight excluding hydrogens is 258 g/mol. The zero-order valence-corrected chi connectivity index (χ0v) is 11.1. The number of carbonyl (C=O) groups excluding carboxylic acids is 1. The predicted molar refractivity (Wildman–Crippen MR) is 63.3 cm³/mol. The van der Waals surface area contributed by atoms with Crippen LogP contribution in [0, 0.1) is 6.92 Å². The minimum atomic E-state index is -0.251. The molecule has 1 N–H and O–H groups in total. The Morgan fingerprint density at radius 3 is 2.67 bits per heavy atom. The summed E-state index contributed by atoms with van der Waals surface area (Å²) in [5.41, 5.74) is 1.13. The van der Waals surface area contributed by atoms with E-state index >= 15 is 0 Å². The van der Waals surface area contributed by atoms with Gasteiger partial charge in [0.25, 0.3) is 5.91 Å². The van der Waals surface area contributed by atoms with Gasteiger partial charge in [0, 0.05) is 24.1 Å². The summed E-state index contributed by atoms with van der Waals surface area (Å²) in [6.45, 7) is 5.76. The highest BCUT2D eigenvalue weighted by molar-refractivity contribution is 9.09. The molecule has 1 rings (SSSR count). The van der Waals surface area contributed by atoms with Gasteiger partial charge in [-0.05, 0) is 20.8 Å². The lowest BCUT2D eigenvalue weighted by Gasteiger charge is -2.23. The summed E-state index contributed by atoms with van der Waals surface area (Å²) >= 11 is 3.36. The predicted octanol–water partition coefficient (Wildman–Crippen LogP) is 1.63. The van der Waals surface area contributed by atoms with Gasteiger partial charge in [0.05, 0.1) is 11.3 Å². The lowest BCUT2D eigenvalue weighted by atomic mass is 10.1. The first-order valence-corrected chi connectivity index (χ1v) is 5.86. The molecule has 0 unspecified atom stereocenters. The second-order valence-electron chi connectivity index (χ2n) is 4.27. The monoisotopic (exact) mass is 273 g/mol. The molecule has 0 aliphatic rings. The largest absolute Gasteiger partial charge is 0.346 e. The minimum Gasteiger partial charge on any atom is -0.346 e. The van der Waals surface area contributed by atoms with Gasteiger partial charge in [0.15, 0.2) is 0 Å². The van der Waals surface area contributed by atoms with Crippen molar-refractivity contribution in [2.24, 2.45) is 7.05 Å². The Morgan fingerprint density at radius 1 is 1.67 bits per heavy atom. The van der Waals surface area contributed by atoms with E-state index in [2.05, 4.69) is 26.3 Å². The molecule has 1 amide bonds. The van der Waals surface area contributed by atoms with E-state index in [1.807, 2.05) is 20.8 Å². The van der Waals surface area contributed by atoms with Gasteiger partial charge in [0.2, 0.25) is 0 Å². The Hall–Kier alpha value is -0.840. The summed E-state index contributed by atoms with van der Waals surface area (Å²) in [5.74, 6) is -0.0787. The summed E-state index contributed by atoms with van der Waals surface area (Å²) in [7, 11) is 1.80. The first-order valence-electron chi connectivity index (χ1n) is 4.74. The zero-order valence-electron chi connectivity index (χ0n) is 9.47. The van der Waals surface area contributed by atoms with Crippen molar-refractivity contribution in [3.8, 4) is 0 Å². The molecule has 5 heteroatoms. The van der Waals surface area contributed by atoms with Gasteiger partial charge in [-0.2, -0.15) is 5.10 Å². The van der Waals surface area contributed by atoms with E-state index < -0.39 is 0 Å². The fourth-order valence-corrected chi connectivity index (χ4v) is 1.37. The molecular formula is C10H16BrN3O. The first-order chi connectivity index (χ1) is 6.85. The fourth-order valence-electron chi connectivity index (χ4n) is 1.23. The van der Waals surface area contributed by atoms with E-state index in [-0.39, 0.29) is 11.4 Å². The summed E-state index contributed by atoms with van der Waals surface area (Å²) in [4.78, 5) is 11.9. The molecule has 0 fully saturated rings. The van der Waals surface area contributed by atoms with Gasteiger partial charge in [-0.25, -0.2) is 0 Å². The van der Waals surface area contributed by atoms with Crippen LogP contribution in [0.4, 0.5) is 0 Å². The molecule has 0 aliphatic carbocycles. The summed E-state index contributed by atoms with van der Waals surface area (Å²) in [5, 5.41) is 7.78. The molecule has 0 saturated carbocycles. The fraction of sp³-hybridized carbons (Fsp3) is 0.600. The average molecular weight is 274 g/mol. The van der Waals surface area contributed by atoms with E-state index in [1.54, 1.807) is 17.9 Å². The van der Waals surface area contributed by atoms with Crippen LogP contribution < -0.4 is 5.32 Å². The van der Waals surface area contributed by atoms with Gasteiger partial charge in [-0.3, -0.25) is 9.48 Å². The summed E-state index contributed by atoms with van der Waals surface area (Å²) < 4.78 is 1.64. The van der Waals surface area contributed by atoms with Gasteiger partial charge >= 0.3 is 0 Å². The summed E-state index contributed by atoms with van der Waals surface area (Å²) in [6.07, 6.45) is 1.73. The Labute approximate surface area is 98.2 Å². The molecule has 0 spiro atoms. The van der Waals surface area contributed by atoms with Crippen LogP contribution in [0.25, 0.3) is 0 Å². The standard InChI is InChI=1S/C10H16BrN3O/c1-7-8(5-14(4)13-7)9(15)12-10(2,3)6-11/h5H,6H2,1-4H3,(H,12,15). The van der Waals surface area contributed by atoms with Crippen molar-refractivity contribution < 1.29 is 4.79 Å². The van der Waals surface area contributed by atoms with Crippen LogP contribution in [0.1, 0.15) is 29.9 Å². The van der Waals surface area contributed by atoms with Crippen molar-refractivity contribution >= 4 is 21.8 Å². The molecule has 4 nitrogen and oxygen atoms in total. The maximum absolute atomic E-state index is 11.9. The van der Waals surface area contributed by atoms with Gasteiger partial charge in [0.1, 0.15) is 0 Å². The van der Waals surface area contributed by atoms with Gasteiger partial charge in [-0.15, -0.1) is 0 Å². The molecule has 0 aliphatic heterocycles. The molecule has 0 radical (unpaired) electrons. The highest BCUT2D eigenvalue weighted by Gasteiger charge is 2.21. The van der Waals surface area contributed by atoms with E-state index in [4.69, 9.17) is 0 Å². The van der Waals surface area contributed by atoms with Crippen molar-refractivity contribution in [1.82, 2.24) is 15.1 Å². The minimum absolute atomic E-state index is 0.0787. The Balaban J connectivity index is 2.82. The number of rotatable bonds is 3. The van der Waals surface area contributed by atoms with E-state index in [0.29, 0.717) is 10.9 Å². The van der Waals surface area contributed by atoms with Crippen LogP contribution in [0.3, 0.4) is 0 Å². The van der Waals surface area contributed by atoms with Crippen LogP contribution in [0.2, 0.25) is 0 Å². The maximum Gasteiger partial charge on any atom is 0.255 e. The second kappa shape index (κ2) is 4.35. The highest BCUT2D eigenvalue weighted by atomic mass is 79.9. The number of alkyl halides is 1. The lowest BCUT2D eigenvalue weighted by Crippen LogP contribution is -2.44. The third-order valence-electron chi connectivity index (χ3n) is 2.04. The topological polar surface area (TPSA) is 46.9 Å². The number of hydrogen-bond donors (Lipinski definition) is 1. The number of hydrogen-bond acceptors (Lipinski definition) is 2. The van der Waals surface area contributed by atoms with Crippen LogP contribution in [-0.2, 0) is 7.05 Å².